The summed E-state index contributed by atoms with van der Waals surface area (Å²) in [6, 6.07) is 1.28. The van der Waals surface area contributed by atoms with E-state index in [1.165, 1.54) is 0 Å². The predicted molar refractivity (Wildman–Crippen MR) is 49.8 cm³/mol. The molecule has 0 saturated heterocycles. The van der Waals surface area contributed by atoms with E-state index in [9.17, 15) is 23.3 Å². The van der Waals surface area contributed by atoms with Gasteiger partial charge in [0.1, 0.15) is 10.8 Å². The lowest BCUT2D eigenvalue weighted by Gasteiger charge is -2.09. The number of rotatable bonds is 2. The summed E-state index contributed by atoms with van der Waals surface area (Å²) in [6.45, 7) is 0. The van der Waals surface area contributed by atoms with E-state index in [4.69, 9.17) is 23.2 Å². The van der Waals surface area contributed by atoms with Crippen LogP contribution in [0.3, 0.4) is 0 Å². The first-order valence-electron chi connectivity index (χ1n) is 3.60. The fourth-order valence-electron chi connectivity index (χ4n) is 0.876. The molecule has 0 aliphatic rings. The summed E-state index contributed by atoms with van der Waals surface area (Å²) in [6.07, 6.45) is -4.95. The number of benzene rings is 1. The van der Waals surface area contributed by atoms with Crippen molar-refractivity contribution in [1.82, 2.24) is 0 Å². The number of alkyl halides is 3. The highest BCUT2D eigenvalue weighted by molar-refractivity contribution is 6.43. The molecule has 4 nitrogen and oxygen atoms in total. The molecule has 0 amide bonds. The Labute approximate surface area is 96.7 Å². The van der Waals surface area contributed by atoms with Gasteiger partial charge >= 0.3 is 6.36 Å². The maximum Gasteiger partial charge on any atom is 0.573 e. The van der Waals surface area contributed by atoms with Gasteiger partial charge in [-0.1, -0.05) is 23.2 Å². The van der Waals surface area contributed by atoms with Gasteiger partial charge in [0.15, 0.2) is 0 Å². The highest BCUT2D eigenvalue weighted by Crippen LogP contribution is 2.37. The molecule has 0 bridgehead atoms. The van der Waals surface area contributed by atoms with E-state index in [-0.39, 0.29) is 0 Å². The first-order valence-corrected chi connectivity index (χ1v) is 4.35. The molecule has 0 aliphatic carbocycles. The lowest BCUT2D eigenvalue weighted by Crippen LogP contribution is -2.17. The van der Waals surface area contributed by atoms with Crippen LogP contribution in [0.2, 0.25) is 10.0 Å². The molecule has 0 radical (unpaired) electrons. The molecular formula is C7H2Cl2F3NO3. The van der Waals surface area contributed by atoms with Gasteiger partial charge in [-0.2, -0.15) is 0 Å². The molecule has 1 aromatic carbocycles. The van der Waals surface area contributed by atoms with Crippen molar-refractivity contribution >= 4 is 28.9 Å². The van der Waals surface area contributed by atoms with Crippen LogP contribution in [-0.4, -0.2) is 11.3 Å². The standard InChI is InChI=1S/C7H2Cl2F3NO3/c8-4-1-3(16-7(10,11)12)2-5(6(4)9)13(14)15/h1-2H. The molecule has 16 heavy (non-hydrogen) atoms. The number of nitro benzene ring substituents is 1. The van der Waals surface area contributed by atoms with E-state index in [1.807, 2.05) is 0 Å². The Morgan fingerprint density at radius 3 is 2.31 bits per heavy atom. The van der Waals surface area contributed by atoms with E-state index in [0.29, 0.717) is 6.07 Å². The Bertz CT molecular complexity index is 436. The second-order valence-electron chi connectivity index (χ2n) is 2.54. The zero-order valence-electron chi connectivity index (χ0n) is 7.22. The lowest BCUT2D eigenvalue weighted by atomic mass is 10.3. The van der Waals surface area contributed by atoms with Crippen LogP contribution in [0.4, 0.5) is 18.9 Å². The van der Waals surface area contributed by atoms with Gasteiger partial charge in [0.05, 0.1) is 16.0 Å². The van der Waals surface area contributed by atoms with Crippen LogP contribution in [0.1, 0.15) is 0 Å². The number of hydrogen-bond donors (Lipinski definition) is 0. The fourth-order valence-corrected chi connectivity index (χ4v) is 1.26. The largest absolute Gasteiger partial charge is 0.573 e. The zero-order chi connectivity index (χ0) is 12.5. The topological polar surface area (TPSA) is 52.4 Å². The second kappa shape index (κ2) is 4.34. The Morgan fingerprint density at radius 2 is 1.88 bits per heavy atom. The Balaban J connectivity index is 3.19. The molecule has 0 N–H and O–H groups in total. The molecule has 0 spiro atoms. The first kappa shape index (κ1) is 12.9. The van der Waals surface area contributed by atoms with Crippen molar-refractivity contribution in [2.45, 2.75) is 6.36 Å². The van der Waals surface area contributed by atoms with Crippen LogP contribution >= 0.6 is 23.2 Å². The molecule has 0 atom stereocenters. The molecule has 1 aromatic rings. The first-order chi connectivity index (χ1) is 7.20. The van der Waals surface area contributed by atoms with Gasteiger partial charge in [0.25, 0.3) is 5.69 Å². The quantitative estimate of drug-likeness (QED) is 0.609. The van der Waals surface area contributed by atoms with E-state index >= 15 is 0 Å². The van der Waals surface area contributed by atoms with E-state index in [2.05, 4.69) is 4.74 Å². The van der Waals surface area contributed by atoms with Gasteiger partial charge < -0.3 is 4.74 Å². The van der Waals surface area contributed by atoms with Gasteiger partial charge in [-0.3, -0.25) is 10.1 Å². The summed E-state index contributed by atoms with van der Waals surface area (Å²) < 4.78 is 39.0. The third-order valence-corrected chi connectivity index (χ3v) is 2.20. The number of hydrogen-bond acceptors (Lipinski definition) is 3. The van der Waals surface area contributed by atoms with Crippen molar-refractivity contribution in [3.05, 3.63) is 32.3 Å². The summed E-state index contributed by atoms with van der Waals surface area (Å²) in [5.41, 5.74) is -0.756. The third kappa shape index (κ3) is 3.14. The normalized spacial score (nSPS) is 11.3. The van der Waals surface area contributed by atoms with Crippen LogP contribution in [0, 0.1) is 10.1 Å². The zero-order valence-corrected chi connectivity index (χ0v) is 8.73. The number of ether oxygens (including phenoxy) is 1. The Hall–Kier alpha value is -1.21. The van der Waals surface area contributed by atoms with E-state index in [1.54, 1.807) is 0 Å². The molecular weight excluding hydrogens is 274 g/mol. The van der Waals surface area contributed by atoms with Crippen molar-refractivity contribution in [2.24, 2.45) is 0 Å². The number of nitro groups is 1. The van der Waals surface area contributed by atoms with Crippen molar-refractivity contribution in [1.29, 1.82) is 0 Å². The Morgan fingerprint density at radius 1 is 1.31 bits per heavy atom. The molecule has 1 rings (SSSR count). The van der Waals surface area contributed by atoms with Crippen molar-refractivity contribution in [2.75, 3.05) is 0 Å². The maximum atomic E-state index is 11.8. The SMILES string of the molecule is O=[N+]([O-])c1cc(OC(F)(F)F)cc(Cl)c1Cl. The molecule has 0 aromatic heterocycles. The molecule has 0 unspecified atom stereocenters. The monoisotopic (exact) mass is 275 g/mol. The fraction of sp³-hybridized carbons (Fsp3) is 0.143. The minimum Gasteiger partial charge on any atom is -0.405 e. The summed E-state index contributed by atoms with van der Waals surface area (Å²) in [4.78, 5) is 9.46. The van der Waals surface area contributed by atoms with Gasteiger partial charge in [-0.15, -0.1) is 13.2 Å². The molecule has 0 heterocycles. The number of halogens is 5. The minimum atomic E-state index is -4.95. The van der Waals surface area contributed by atoms with E-state index < -0.39 is 32.8 Å². The molecule has 0 fully saturated rings. The average Bonchev–Trinajstić information content (AvgIpc) is 2.07. The van der Waals surface area contributed by atoms with Crippen molar-refractivity contribution < 1.29 is 22.8 Å². The summed E-state index contributed by atoms with van der Waals surface area (Å²) >= 11 is 10.8. The lowest BCUT2D eigenvalue weighted by molar-refractivity contribution is -0.384. The van der Waals surface area contributed by atoms with Crippen molar-refractivity contribution in [3.8, 4) is 5.75 Å². The van der Waals surface area contributed by atoms with Crippen LogP contribution in [-0.2, 0) is 0 Å². The molecule has 0 saturated carbocycles. The van der Waals surface area contributed by atoms with Crippen LogP contribution in [0.15, 0.2) is 12.1 Å². The smallest absolute Gasteiger partial charge is 0.405 e. The Kier molecular flexibility index (Phi) is 3.49. The maximum absolute atomic E-state index is 11.8. The molecule has 0 aliphatic heterocycles. The van der Waals surface area contributed by atoms with E-state index in [0.717, 1.165) is 6.07 Å². The van der Waals surface area contributed by atoms with Crippen LogP contribution in [0.5, 0.6) is 5.75 Å². The summed E-state index contributed by atoms with van der Waals surface area (Å²) in [7, 11) is 0. The van der Waals surface area contributed by atoms with Crippen LogP contribution in [0.25, 0.3) is 0 Å². The highest BCUT2D eigenvalue weighted by Gasteiger charge is 2.32. The number of nitrogens with zero attached hydrogens (tertiary/aromatic N) is 1. The molecule has 88 valence electrons. The highest BCUT2D eigenvalue weighted by atomic mass is 35.5. The van der Waals surface area contributed by atoms with Crippen molar-refractivity contribution in [3.63, 3.8) is 0 Å². The molecule has 9 heteroatoms. The van der Waals surface area contributed by atoms with Gasteiger partial charge in [0.2, 0.25) is 0 Å². The third-order valence-electron chi connectivity index (χ3n) is 1.41. The second-order valence-corrected chi connectivity index (χ2v) is 3.33. The predicted octanol–water partition coefficient (Wildman–Crippen LogP) is 3.80. The van der Waals surface area contributed by atoms with Crippen LogP contribution < -0.4 is 4.74 Å². The average molecular weight is 276 g/mol. The van der Waals surface area contributed by atoms with Gasteiger partial charge in [0, 0.05) is 6.07 Å². The minimum absolute atomic E-state index is 0.393. The summed E-state index contributed by atoms with van der Waals surface area (Å²) in [5.74, 6) is -0.798. The van der Waals surface area contributed by atoms with Gasteiger partial charge in [-0.25, -0.2) is 0 Å². The summed E-state index contributed by atoms with van der Waals surface area (Å²) in [5, 5.41) is 9.58. The van der Waals surface area contributed by atoms with Gasteiger partial charge in [-0.05, 0) is 0 Å².